The maximum atomic E-state index is 13.3. The summed E-state index contributed by atoms with van der Waals surface area (Å²) in [5, 5.41) is 3.36. The van der Waals surface area contributed by atoms with Gasteiger partial charge in [-0.3, -0.25) is 4.79 Å². The number of aryl methyl sites for hydroxylation is 1. The van der Waals surface area contributed by atoms with Crippen LogP contribution in [0.3, 0.4) is 0 Å². The van der Waals surface area contributed by atoms with Crippen LogP contribution >= 0.6 is 11.6 Å². The van der Waals surface area contributed by atoms with Crippen LogP contribution in [-0.4, -0.2) is 33.3 Å². The van der Waals surface area contributed by atoms with Crippen molar-refractivity contribution in [3.05, 3.63) is 74.8 Å². The van der Waals surface area contributed by atoms with E-state index in [9.17, 15) is 9.59 Å². The number of nitrogens with one attached hydrogen (secondary N) is 1. The first kappa shape index (κ1) is 22.5. The van der Waals surface area contributed by atoms with E-state index < -0.39 is 23.6 Å². The van der Waals surface area contributed by atoms with Crippen LogP contribution in [0.4, 0.5) is 5.69 Å². The quantitative estimate of drug-likeness (QED) is 0.576. The Kier molecular flexibility index (Phi) is 6.20. The van der Waals surface area contributed by atoms with Crippen LogP contribution < -0.4 is 29.9 Å². The number of methoxy groups -OCH3 is 3. The maximum absolute atomic E-state index is 13.3. The van der Waals surface area contributed by atoms with Crippen LogP contribution in [0.5, 0.6) is 23.0 Å². The molecule has 0 unspecified atom stereocenters. The molecule has 2 heterocycles. The molecule has 172 valence electrons. The Labute approximate surface area is 195 Å². The van der Waals surface area contributed by atoms with E-state index in [0.29, 0.717) is 45.0 Å². The number of hydrogen-bond donors (Lipinski definition) is 1. The number of halogens is 1. The van der Waals surface area contributed by atoms with Crippen LogP contribution in [0, 0.1) is 6.92 Å². The fourth-order valence-corrected chi connectivity index (χ4v) is 4.03. The zero-order chi connectivity index (χ0) is 23.7. The Bertz CT molecular complexity index is 1230. The highest BCUT2D eigenvalue weighted by Crippen LogP contribution is 2.46. The number of rotatable bonds is 6. The molecule has 8 nitrogen and oxygen atoms in total. The van der Waals surface area contributed by atoms with Gasteiger partial charge >= 0.3 is 5.63 Å². The van der Waals surface area contributed by atoms with Crippen molar-refractivity contribution in [1.29, 1.82) is 0 Å². The van der Waals surface area contributed by atoms with Gasteiger partial charge in [-0.25, -0.2) is 4.79 Å². The summed E-state index contributed by atoms with van der Waals surface area (Å²) in [6, 6.07) is 11.6. The summed E-state index contributed by atoms with van der Waals surface area (Å²) in [4.78, 5) is 26.1. The van der Waals surface area contributed by atoms with Crippen molar-refractivity contribution in [2.24, 2.45) is 0 Å². The van der Waals surface area contributed by atoms with Gasteiger partial charge in [-0.2, -0.15) is 0 Å². The third kappa shape index (κ3) is 4.21. The highest BCUT2D eigenvalue weighted by molar-refractivity contribution is 6.30. The summed E-state index contributed by atoms with van der Waals surface area (Å²) in [6.07, 6.45) is -1.05. The van der Waals surface area contributed by atoms with Crippen molar-refractivity contribution < 1.29 is 28.2 Å². The number of ether oxygens (including phenoxy) is 4. The second-order valence-corrected chi connectivity index (χ2v) is 7.83. The molecule has 9 heteroatoms. The van der Waals surface area contributed by atoms with E-state index in [2.05, 4.69) is 5.32 Å². The lowest BCUT2D eigenvalue weighted by atomic mass is 9.88. The van der Waals surface area contributed by atoms with E-state index >= 15 is 0 Å². The standard InChI is InChI=1S/C24H22ClNO7/c1-12-9-16-20(24(28)32-12)19(13-10-17(29-2)21(31-4)18(11-13)30-3)22(33-16)23(27)26-15-7-5-14(25)6-8-15/h5-11,19,22H,1-4H3,(H,26,27)/t19-,22-/m1/s1. The number of fused-ring (bicyclic) bond motifs is 1. The van der Waals surface area contributed by atoms with Crippen molar-refractivity contribution in [1.82, 2.24) is 0 Å². The Morgan fingerprint density at radius 2 is 1.64 bits per heavy atom. The normalized spacial score (nSPS) is 16.5. The van der Waals surface area contributed by atoms with Crippen molar-refractivity contribution >= 4 is 23.2 Å². The molecule has 2 aromatic carbocycles. The van der Waals surface area contributed by atoms with Crippen molar-refractivity contribution in [3.8, 4) is 23.0 Å². The highest BCUT2D eigenvalue weighted by atomic mass is 35.5. The Morgan fingerprint density at radius 3 is 2.21 bits per heavy atom. The van der Waals surface area contributed by atoms with E-state index in [1.54, 1.807) is 49.4 Å². The van der Waals surface area contributed by atoms with Crippen LogP contribution in [0.1, 0.15) is 22.8 Å². The van der Waals surface area contributed by atoms with Crippen molar-refractivity contribution in [2.75, 3.05) is 26.6 Å². The summed E-state index contributed by atoms with van der Waals surface area (Å²) in [5.41, 5.74) is 0.767. The third-order valence-corrected chi connectivity index (χ3v) is 5.61. The first-order valence-corrected chi connectivity index (χ1v) is 10.4. The second kappa shape index (κ2) is 9.07. The second-order valence-electron chi connectivity index (χ2n) is 7.39. The predicted octanol–water partition coefficient (Wildman–Crippen LogP) is 4.16. The average molecular weight is 472 g/mol. The molecule has 1 aliphatic heterocycles. The Morgan fingerprint density at radius 1 is 1.00 bits per heavy atom. The van der Waals surface area contributed by atoms with Gasteiger partial charge in [0.05, 0.1) is 32.8 Å². The van der Waals surface area contributed by atoms with E-state index in [1.807, 2.05) is 0 Å². The van der Waals surface area contributed by atoms with Gasteiger partial charge in [0, 0.05) is 16.8 Å². The van der Waals surface area contributed by atoms with E-state index in [1.165, 1.54) is 21.3 Å². The zero-order valence-corrected chi connectivity index (χ0v) is 19.2. The van der Waals surface area contributed by atoms with E-state index in [-0.39, 0.29) is 5.56 Å². The molecule has 33 heavy (non-hydrogen) atoms. The predicted molar refractivity (Wildman–Crippen MR) is 122 cm³/mol. The number of amides is 1. The molecule has 1 aliphatic rings. The lowest BCUT2D eigenvalue weighted by Crippen LogP contribution is -2.35. The molecule has 1 amide bonds. The Hall–Kier alpha value is -3.65. The van der Waals surface area contributed by atoms with Gasteiger partial charge in [0.2, 0.25) is 5.75 Å². The van der Waals surface area contributed by atoms with E-state index in [4.69, 9.17) is 35.0 Å². The fraction of sp³-hybridized carbons (Fsp3) is 0.250. The summed E-state index contributed by atoms with van der Waals surface area (Å²) in [5.74, 6) is 0.602. The molecule has 0 radical (unpaired) electrons. The third-order valence-electron chi connectivity index (χ3n) is 5.36. The minimum Gasteiger partial charge on any atom is -0.493 e. The highest BCUT2D eigenvalue weighted by Gasteiger charge is 2.44. The summed E-state index contributed by atoms with van der Waals surface area (Å²) >= 11 is 5.94. The summed E-state index contributed by atoms with van der Waals surface area (Å²) < 4.78 is 27.6. The SMILES string of the molecule is COc1cc([C@@H]2c3c(cc(C)oc3=O)O[C@H]2C(=O)Nc2ccc(Cl)cc2)cc(OC)c1OC. The molecular weight excluding hydrogens is 450 g/mol. The molecule has 0 fully saturated rings. The molecule has 0 bridgehead atoms. The van der Waals surface area contributed by atoms with Gasteiger partial charge in [-0.1, -0.05) is 11.6 Å². The molecular formula is C24H22ClNO7. The number of hydrogen-bond acceptors (Lipinski definition) is 7. The minimum absolute atomic E-state index is 0.242. The zero-order valence-electron chi connectivity index (χ0n) is 18.4. The molecule has 4 rings (SSSR count). The molecule has 0 saturated carbocycles. The number of carbonyl (C=O) groups excluding carboxylic acids is 1. The Balaban J connectivity index is 1.82. The van der Waals surface area contributed by atoms with E-state index in [0.717, 1.165) is 0 Å². The largest absolute Gasteiger partial charge is 0.493 e. The summed E-state index contributed by atoms with van der Waals surface area (Å²) in [6.45, 7) is 1.64. The number of carbonyl (C=O) groups is 1. The molecule has 0 saturated heterocycles. The molecule has 2 atom stereocenters. The molecule has 1 N–H and O–H groups in total. The lowest BCUT2D eigenvalue weighted by molar-refractivity contribution is -0.122. The topological polar surface area (TPSA) is 96.2 Å². The van der Waals surface area contributed by atoms with Crippen LogP contribution in [0.25, 0.3) is 0 Å². The maximum Gasteiger partial charge on any atom is 0.343 e. The van der Waals surface area contributed by atoms with Crippen LogP contribution in [-0.2, 0) is 4.79 Å². The first-order chi connectivity index (χ1) is 15.9. The fourth-order valence-electron chi connectivity index (χ4n) is 3.90. The monoisotopic (exact) mass is 471 g/mol. The van der Waals surface area contributed by atoms with Crippen LogP contribution in [0.15, 0.2) is 51.7 Å². The first-order valence-electron chi connectivity index (χ1n) is 10.0. The van der Waals surface area contributed by atoms with Gasteiger partial charge < -0.3 is 28.7 Å². The van der Waals surface area contributed by atoms with Crippen LogP contribution in [0.2, 0.25) is 5.02 Å². The van der Waals surface area contributed by atoms with Crippen molar-refractivity contribution in [2.45, 2.75) is 18.9 Å². The average Bonchev–Trinajstić information content (AvgIpc) is 3.19. The lowest BCUT2D eigenvalue weighted by Gasteiger charge is -2.21. The van der Waals surface area contributed by atoms with Crippen molar-refractivity contribution in [3.63, 3.8) is 0 Å². The molecule has 0 spiro atoms. The number of benzene rings is 2. The minimum atomic E-state index is -1.05. The van der Waals surface area contributed by atoms with Gasteiger partial charge in [-0.15, -0.1) is 0 Å². The molecule has 3 aromatic rings. The van der Waals surface area contributed by atoms with Gasteiger partial charge in [0.25, 0.3) is 5.91 Å². The smallest absolute Gasteiger partial charge is 0.343 e. The summed E-state index contributed by atoms with van der Waals surface area (Å²) in [7, 11) is 4.47. The van der Waals surface area contributed by atoms with Gasteiger partial charge in [-0.05, 0) is 48.9 Å². The number of anilines is 1. The van der Waals surface area contributed by atoms with Gasteiger partial charge in [0.1, 0.15) is 11.5 Å². The molecule has 0 aliphatic carbocycles. The van der Waals surface area contributed by atoms with Gasteiger partial charge in [0.15, 0.2) is 17.6 Å². The molecule has 1 aromatic heterocycles.